The lowest BCUT2D eigenvalue weighted by atomic mass is 10.1. The zero-order chi connectivity index (χ0) is 17.7. The van der Waals surface area contributed by atoms with Crippen molar-refractivity contribution < 1.29 is 9.59 Å². The summed E-state index contributed by atoms with van der Waals surface area (Å²) in [4.78, 5) is 30.0. The summed E-state index contributed by atoms with van der Waals surface area (Å²) in [5.41, 5.74) is 0.609. The van der Waals surface area contributed by atoms with E-state index in [1.54, 1.807) is 7.05 Å². The van der Waals surface area contributed by atoms with Crippen LogP contribution in [0, 0.1) is 0 Å². The Hall–Kier alpha value is -2.08. The number of carbonyl (C=O) groups is 2. The second-order valence-electron chi connectivity index (χ2n) is 6.68. The number of fused-ring (bicyclic) bond motifs is 1. The molecule has 2 rings (SSSR count). The van der Waals surface area contributed by atoms with Gasteiger partial charge < -0.3 is 10.2 Å². The van der Waals surface area contributed by atoms with Crippen molar-refractivity contribution in [2.45, 2.75) is 31.3 Å². The number of para-hydroxylation sites is 1. The van der Waals surface area contributed by atoms with Crippen LogP contribution in [0.1, 0.15) is 20.8 Å². The number of rotatable bonds is 5. The summed E-state index contributed by atoms with van der Waals surface area (Å²) in [6, 6.07) is 11.8. The number of hydrogen-bond acceptors (Lipinski definition) is 4. The van der Waals surface area contributed by atoms with Crippen LogP contribution in [0.25, 0.3) is 10.9 Å². The van der Waals surface area contributed by atoms with E-state index in [4.69, 9.17) is 0 Å². The molecule has 24 heavy (non-hydrogen) atoms. The maximum absolute atomic E-state index is 12.2. The number of aromatic nitrogens is 1. The van der Waals surface area contributed by atoms with Crippen molar-refractivity contribution in [3.63, 3.8) is 0 Å². The van der Waals surface area contributed by atoms with Crippen LogP contribution in [0.4, 0.5) is 0 Å². The molecule has 2 amide bonds. The Bertz CT molecular complexity index is 740. The van der Waals surface area contributed by atoms with Gasteiger partial charge in [-0.05, 0) is 32.9 Å². The summed E-state index contributed by atoms with van der Waals surface area (Å²) in [6.45, 7) is 5.79. The lowest BCUT2D eigenvalue weighted by Gasteiger charge is -2.23. The largest absolute Gasteiger partial charge is 0.350 e. The maximum atomic E-state index is 12.2. The van der Waals surface area contributed by atoms with Crippen molar-refractivity contribution in [3.05, 3.63) is 36.4 Å². The van der Waals surface area contributed by atoms with Gasteiger partial charge in [-0.1, -0.05) is 36.0 Å². The minimum Gasteiger partial charge on any atom is -0.350 e. The van der Waals surface area contributed by atoms with Crippen molar-refractivity contribution in [3.8, 4) is 0 Å². The van der Waals surface area contributed by atoms with E-state index >= 15 is 0 Å². The molecule has 0 aliphatic carbocycles. The lowest BCUT2D eigenvalue weighted by molar-refractivity contribution is -0.133. The molecule has 1 aromatic carbocycles. The van der Waals surface area contributed by atoms with E-state index in [1.165, 1.54) is 16.7 Å². The molecular formula is C18H23N3O2S. The summed E-state index contributed by atoms with van der Waals surface area (Å²) in [7, 11) is 1.64. The van der Waals surface area contributed by atoms with Crippen LogP contribution < -0.4 is 5.32 Å². The van der Waals surface area contributed by atoms with Gasteiger partial charge in [0.2, 0.25) is 11.8 Å². The second kappa shape index (κ2) is 7.66. The highest BCUT2D eigenvalue weighted by Crippen LogP contribution is 2.20. The average molecular weight is 345 g/mol. The first-order valence-corrected chi connectivity index (χ1v) is 8.77. The fourth-order valence-electron chi connectivity index (χ4n) is 2.13. The molecule has 5 nitrogen and oxygen atoms in total. The molecule has 6 heteroatoms. The Kier molecular flexibility index (Phi) is 5.83. The van der Waals surface area contributed by atoms with E-state index < -0.39 is 0 Å². The first kappa shape index (κ1) is 18.3. The highest BCUT2D eigenvalue weighted by Gasteiger charge is 2.18. The van der Waals surface area contributed by atoms with E-state index in [9.17, 15) is 9.59 Å². The number of carbonyl (C=O) groups excluding carboxylic acids is 2. The van der Waals surface area contributed by atoms with Gasteiger partial charge >= 0.3 is 0 Å². The molecule has 0 aliphatic heterocycles. The quantitative estimate of drug-likeness (QED) is 0.847. The van der Waals surface area contributed by atoms with Crippen LogP contribution in [0.5, 0.6) is 0 Å². The number of pyridine rings is 1. The van der Waals surface area contributed by atoms with E-state index in [2.05, 4.69) is 10.3 Å². The van der Waals surface area contributed by atoms with Gasteiger partial charge in [0, 0.05) is 18.0 Å². The number of benzene rings is 1. The fourth-order valence-corrected chi connectivity index (χ4v) is 2.95. The number of amides is 2. The van der Waals surface area contributed by atoms with Crippen molar-refractivity contribution >= 4 is 34.5 Å². The molecule has 0 atom stereocenters. The molecule has 2 aromatic rings. The number of thioether (sulfide) groups is 1. The molecule has 0 bridgehead atoms. The maximum Gasteiger partial charge on any atom is 0.240 e. The molecule has 1 aromatic heterocycles. The van der Waals surface area contributed by atoms with Crippen molar-refractivity contribution in [1.29, 1.82) is 0 Å². The van der Waals surface area contributed by atoms with Crippen LogP contribution in [0.3, 0.4) is 0 Å². The number of nitrogens with zero attached hydrogens (tertiary/aromatic N) is 2. The van der Waals surface area contributed by atoms with Gasteiger partial charge in [0.1, 0.15) is 0 Å². The van der Waals surface area contributed by atoms with Crippen LogP contribution in [0.2, 0.25) is 0 Å². The molecule has 0 saturated heterocycles. The summed E-state index contributed by atoms with van der Waals surface area (Å²) in [5, 5.41) is 4.72. The van der Waals surface area contributed by atoms with Crippen molar-refractivity contribution in [1.82, 2.24) is 15.2 Å². The Labute approximate surface area is 146 Å². The van der Waals surface area contributed by atoms with E-state index in [1.807, 2.05) is 57.2 Å². The highest BCUT2D eigenvalue weighted by atomic mass is 32.2. The minimum absolute atomic E-state index is 0.0574. The van der Waals surface area contributed by atoms with E-state index in [0.717, 1.165) is 15.9 Å². The van der Waals surface area contributed by atoms with Gasteiger partial charge in [0.25, 0.3) is 0 Å². The van der Waals surface area contributed by atoms with Crippen LogP contribution in [-0.2, 0) is 9.59 Å². The predicted octanol–water partition coefficient (Wildman–Crippen LogP) is 2.70. The summed E-state index contributed by atoms with van der Waals surface area (Å²) < 4.78 is 0. The smallest absolute Gasteiger partial charge is 0.240 e. The minimum atomic E-state index is -0.301. The molecule has 0 spiro atoms. The zero-order valence-corrected chi connectivity index (χ0v) is 15.3. The first-order chi connectivity index (χ1) is 11.2. The van der Waals surface area contributed by atoms with Gasteiger partial charge in [-0.25, -0.2) is 4.98 Å². The Balaban J connectivity index is 1.88. The molecule has 0 fully saturated rings. The molecule has 128 valence electrons. The average Bonchev–Trinajstić information content (AvgIpc) is 2.50. The molecular weight excluding hydrogens is 322 g/mol. The molecule has 0 saturated carbocycles. The topological polar surface area (TPSA) is 62.3 Å². The van der Waals surface area contributed by atoms with Crippen molar-refractivity contribution in [2.75, 3.05) is 19.3 Å². The summed E-state index contributed by atoms with van der Waals surface area (Å²) in [5.74, 6) is -0.00355. The third-order valence-corrected chi connectivity index (χ3v) is 4.15. The molecule has 0 unspecified atom stereocenters. The molecule has 1 heterocycles. The van der Waals surface area contributed by atoms with Gasteiger partial charge in [0.15, 0.2) is 0 Å². The highest BCUT2D eigenvalue weighted by molar-refractivity contribution is 7.99. The Morgan fingerprint density at radius 1 is 1.17 bits per heavy atom. The molecule has 1 N–H and O–H groups in total. The van der Waals surface area contributed by atoms with E-state index in [0.29, 0.717) is 0 Å². The molecule has 0 radical (unpaired) electrons. The first-order valence-electron chi connectivity index (χ1n) is 7.78. The van der Waals surface area contributed by atoms with Crippen LogP contribution >= 0.6 is 11.8 Å². The van der Waals surface area contributed by atoms with Gasteiger partial charge in [0.05, 0.1) is 22.8 Å². The summed E-state index contributed by atoms with van der Waals surface area (Å²) in [6.07, 6.45) is 0. The fraction of sp³-hybridized carbons (Fsp3) is 0.389. The monoisotopic (exact) mass is 345 g/mol. The summed E-state index contributed by atoms with van der Waals surface area (Å²) >= 11 is 1.38. The lowest BCUT2D eigenvalue weighted by Crippen LogP contribution is -2.46. The van der Waals surface area contributed by atoms with Gasteiger partial charge in [-0.2, -0.15) is 0 Å². The third-order valence-electron chi connectivity index (χ3n) is 3.24. The van der Waals surface area contributed by atoms with Crippen LogP contribution in [0.15, 0.2) is 41.4 Å². The standard InChI is InChI=1S/C18H23N3O2S/c1-18(2,3)20-15(22)11-21(4)17(23)12-24-16-10-9-13-7-5-6-8-14(13)19-16/h5-10H,11-12H2,1-4H3,(H,20,22). The zero-order valence-electron chi connectivity index (χ0n) is 14.5. The number of nitrogens with one attached hydrogen (secondary N) is 1. The number of likely N-dealkylation sites (N-methyl/N-ethyl adjacent to an activating group) is 1. The normalized spacial score (nSPS) is 11.3. The Morgan fingerprint density at radius 2 is 1.88 bits per heavy atom. The second-order valence-corrected chi connectivity index (χ2v) is 7.67. The van der Waals surface area contributed by atoms with Crippen LogP contribution in [-0.4, -0.2) is 46.6 Å². The van der Waals surface area contributed by atoms with Crippen molar-refractivity contribution in [2.24, 2.45) is 0 Å². The SMILES string of the molecule is CN(CC(=O)NC(C)(C)C)C(=O)CSc1ccc2ccccc2n1. The number of hydrogen-bond donors (Lipinski definition) is 1. The third kappa shape index (κ3) is 5.53. The van der Waals surface area contributed by atoms with Gasteiger partial charge in [-0.3, -0.25) is 9.59 Å². The molecule has 0 aliphatic rings. The Morgan fingerprint density at radius 3 is 2.58 bits per heavy atom. The van der Waals surface area contributed by atoms with E-state index in [-0.39, 0.29) is 29.7 Å². The predicted molar refractivity (Wildman–Crippen MR) is 98.0 cm³/mol. The van der Waals surface area contributed by atoms with Gasteiger partial charge in [-0.15, -0.1) is 0 Å².